The monoisotopic (exact) mass is 463 g/mol. The second kappa shape index (κ2) is 12.6. The zero-order chi connectivity index (χ0) is 24.3. The van der Waals surface area contributed by atoms with Gasteiger partial charge in [-0.25, -0.2) is 0 Å². The molecule has 0 aliphatic heterocycles. The van der Waals surface area contributed by atoms with Gasteiger partial charge in [-0.05, 0) is 77.4 Å². The number of hydrogen-bond donors (Lipinski definition) is 0. The molecule has 0 spiro atoms. The Kier molecular flexibility index (Phi) is 8.72. The maximum absolute atomic E-state index is 11.6. The third kappa shape index (κ3) is 7.31. The molecule has 0 aromatic heterocycles. The van der Waals surface area contributed by atoms with Crippen LogP contribution in [-0.2, 0) is 30.8 Å². The molecule has 177 valence electrons. The first-order chi connectivity index (χ1) is 17.2. The molecule has 0 fully saturated rings. The van der Waals surface area contributed by atoms with Crippen molar-refractivity contribution in [3.8, 4) is 11.5 Å². The van der Waals surface area contributed by atoms with Gasteiger partial charge in [0, 0.05) is 5.56 Å². The van der Waals surface area contributed by atoms with Crippen LogP contribution >= 0.6 is 0 Å². The molecular formula is C32H31O3. The SMILES string of the molecule is CCCCc1ccc(COc2ccc([C]=O)c(Cc3cccc(OCc4ccccc4)c3)c2)cc1. The van der Waals surface area contributed by atoms with Crippen LogP contribution in [-0.4, -0.2) is 6.29 Å². The van der Waals surface area contributed by atoms with E-state index >= 15 is 0 Å². The summed E-state index contributed by atoms with van der Waals surface area (Å²) in [6.07, 6.45) is 6.18. The predicted molar refractivity (Wildman–Crippen MR) is 141 cm³/mol. The largest absolute Gasteiger partial charge is 0.489 e. The van der Waals surface area contributed by atoms with E-state index in [4.69, 9.17) is 9.47 Å². The molecule has 0 saturated carbocycles. The molecule has 4 rings (SSSR count). The number of aryl methyl sites for hydroxylation is 1. The van der Waals surface area contributed by atoms with Crippen LogP contribution in [0.2, 0.25) is 0 Å². The molecule has 35 heavy (non-hydrogen) atoms. The molecule has 1 radical (unpaired) electrons. The van der Waals surface area contributed by atoms with Crippen LogP contribution in [0.4, 0.5) is 0 Å². The normalized spacial score (nSPS) is 10.7. The Hall–Kier alpha value is -3.85. The van der Waals surface area contributed by atoms with Gasteiger partial charge in [-0.2, -0.15) is 0 Å². The lowest BCUT2D eigenvalue weighted by atomic mass is 10.00. The summed E-state index contributed by atoms with van der Waals surface area (Å²) < 4.78 is 12.0. The van der Waals surface area contributed by atoms with Gasteiger partial charge in [0.15, 0.2) is 0 Å². The second-order valence-electron chi connectivity index (χ2n) is 8.73. The fourth-order valence-corrected chi connectivity index (χ4v) is 3.96. The minimum Gasteiger partial charge on any atom is -0.489 e. The standard InChI is InChI=1S/C32H31O3/c1-2-3-8-25-13-15-27(16-14-25)24-35-32-18-17-29(22-33)30(21-32)19-28-11-7-12-31(20-28)34-23-26-9-5-4-6-10-26/h4-7,9-18,20-21H,2-3,8,19,23-24H2,1H3. The average Bonchev–Trinajstić information content (AvgIpc) is 2.91. The van der Waals surface area contributed by atoms with Crippen molar-refractivity contribution in [2.75, 3.05) is 0 Å². The average molecular weight is 464 g/mol. The molecule has 3 nitrogen and oxygen atoms in total. The summed E-state index contributed by atoms with van der Waals surface area (Å²) in [5, 5.41) is 0. The summed E-state index contributed by atoms with van der Waals surface area (Å²) >= 11 is 0. The summed E-state index contributed by atoms with van der Waals surface area (Å²) in [7, 11) is 0. The van der Waals surface area contributed by atoms with Gasteiger partial charge in [0.25, 0.3) is 0 Å². The van der Waals surface area contributed by atoms with Crippen molar-refractivity contribution < 1.29 is 14.3 Å². The Morgan fingerprint density at radius 3 is 2.03 bits per heavy atom. The number of ether oxygens (including phenoxy) is 2. The Labute approximate surface area is 208 Å². The fourth-order valence-electron chi connectivity index (χ4n) is 3.96. The first kappa shape index (κ1) is 24.3. The van der Waals surface area contributed by atoms with Gasteiger partial charge in [0.2, 0.25) is 6.29 Å². The number of carbonyl (C=O) groups excluding carboxylic acids is 1. The van der Waals surface area contributed by atoms with Gasteiger partial charge in [-0.3, -0.25) is 4.79 Å². The van der Waals surface area contributed by atoms with Crippen molar-refractivity contribution in [1.82, 2.24) is 0 Å². The van der Waals surface area contributed by atoms with Gasteiger partial charge in [-0.15, -0.1) is 0 Å². The molecule has 0 aliphatic carbocycles. The van der Waals surface area contributed by atoms with E-state index < -0.39 is 0 Å². The van der Waals surface area contributed by atoms with Crippen LogP contribution in [0.15, 0.2) is 97.1 Å². The molecule has 3 heteroatoms. The third-order valence-corrected chi connectivity index (χ3v) is 5.98. The summed E-state index contributed by atoms with van der Waals surface area (Å²) in [6, 6.07) is 32.2. The minimum absolute atomic E-state index is 0.487. The number of hydrogen-bond acceptors (Lipinski definition) is 3. The first-order valence-electron chi connectivity index (χ1n) is 12.2. The molecule has 0 heterocycles. The van der Waals surface area contributed by atoms with Crippen LogP contribution in [0, 0.1) is 0 Å². The summed E-state index contributed by atoms with van der Waals surface area (Å²) in [4.78, 5) is 11.6. The van der Waals surface area contributed by atoms with Crippen LogP contribution < -0.4 is 9.47 Å². The molecule has 0 atom stereocenters. The van der Waals surface area contributed by atoms with E-state index in [9.17, 15) is 4.79 Å². The van der Waals surface area contributed by atoms with E-state index in [0.29, 0.717) is 25.2 Å². The van der Waals surface area contributed by atoms with E-state index in [0.717, 1.165) is 40.2 Å². The molecule has 0 bridgehead atoms. The van der Waals surface area contributed by atoms with Crippen molar-refractivity contribution in [1.29, 1.82) is 0 Å². The Bertz CT molecular complexity index is 1210. The van der Waals surface area contributed by atoms with Crippen molar-refractivity contribution in [3.05, 3.63) is 130 Å². The van der Waals surface area contributed by atoms with Gasteiger partial charge in [-0.1, -0.05) is 80.1 Å². The zero-order valence-electron chi connectivity index (χ0n) is 20.2. The lowest BCUT2D eigenvalue weighted by Gasteiger charge is -2.12. The van der Waals surface area contributed by atoms with Gasteiger partial charge >= 0.3 is 0 Å². The Morgan fingerprint density at radius 2 is 1.31 bits per heavy atom. The molecular weight excluding hydrogens is 432 g/mol. The first-order valence-corrected chi connectivity index (χ1v) is 12.2. The highest BCUT2D eigenvalue weighted by atomic mass is 16.5. The Morgan fingerprint density at radius 1 is 0.657 bits per heavy atom. The maximum Gasteiger partial charge on any atom is 0.233 e. The van der Waals surface area contributed by atoms with E-state index in [1.807, 2.05) is 66.7 Å². The van der Waals surface area contributed by atoms with E-state index in [-0.39, 0.29) is 0 Å². The second-order valence-corrected chi connectivity index (χ2v) is 8.73. The third-order valence-electron chi connectivity index (χ3n) is 5.98. The Balaban J connectivity index is 1.40. The quantitative estimate of drug-likeness (QED) is 0.222. The van der Waals surface area contributed by atoms with Gasteiger partial charge in [0.05, 0.1) is 0 Å². The smallest absolute Gasteiger partial charge is 0.233 e. The van der Waals surface area contributed by atoms with Crippen LogP contribution in [0.1, 0.15) is 53.1 Å². The number of rotatable bonds is 12. The summed E-state index contributed by atoms with van der Waals surface area (Å²) in [5.74, 6) is 1.54. The van der Waals surface area contributed by atoms with Crippen molar-refractivity contribution in [3.63, 3.8) is 0 Å². The topological polar surface area (TPSA) is 35.5 Å². The van der Waals surface area contributed by atoms with Crippen molar-refractivity contribution >= 4 is 6.29 Å². The highest BCUT2D eigenvalue weighted by Crippen LogP contribution is 2.23. The lowest BCUT2D eigenvalue weighted by molar-refractivity contribution is 0.305. The summed E-state index contributed by atoms with van der Waals surface area (Å²) in [5.41, 5.74) is 6.10. The molecule has 0 saturated heterocycles. The van der Waals surface area contributed by atoms with Gasteiger partial charge < -0.3 is 9.47 Å². The summed E-state index contributed by atoms with van der Waals surface area (Å²) in [6.45, 7) is 3.21. The maximum atomic E-state index is 11.6. The molecule has 4 aromatic carbocycles. The molecule has 0 unspecified atom stereocenters. The molecule has 0 amide bonds. The van der Waals surface area contributed by atoms with Gasteiger partial charge in [0.1, 0.15) is 24.7 Å². The van der Waals surface area contributed by atoms with Crippen LogP contribution in [0.25, 0.3) is 0 Å². The van der Waals surface area contributed by atoms with Crippen molar-refractivity contribution in [2.24, 2.45) is 0 Å². The molecule has 4 aromatic rings. The highest BCUT2D eigenvalue weighted by molar-refractivity contribution is 5.78. The minimum atomic E-state index is 0.487. The van der Waals surface area contributed by atoms with E-state index in [1.54, 1.807) is 6.07 Å². The van der Waals surface area contributed by atoms with Crippen LogP contribution in [0.5, 0.6) is 11.5 Å². The molecule has 0 aliphatic rings. The lowest BCUT2D eigenvalue weighted by Crippen LogP contribution is -2.00. The number of benzene rings is 4. The van der Waals surface area contributed by atoms with Crippen molar-refractivity contribution in [2.45, 2.75) is 45.8 Å². The van der Waals surface area contributed by atoms with E-state index in [1.165, 1.54) is 18.4 Å². The zero-order valence-corrected chi connectivity index (χ0v) is 20.2. The fraction of sp³-hybridized carbons (Fsp3) is 0.219. The van der Waals surface area contributed by atoms with E-state index in [2.05, 4.69) is 37.5 Å². The number of unbranched alkanes of at least 4 members (excludes halogenated alkanes) is 1. The highest BCUT2D eigenvalue weighted by Gasteiger charge is 2.08. The molecule has 0 N–H and O–H groups in total. The van der Waals surface area contributed by atoms with Crippen LogP contribution in [0.3, 0.4) is 0 Å². The predicted octanol–water partition coefficient (Wildman–Crippen LogP) is 7.24.